The lowest BCUT2D eigenvalue weighted by Gasteiger charge is -2.04. The lowest BCUT2D eigenvalue weighted by Crippen LogP contribution is -1.97. The van der Waals surface area contributed by atoms with Crippen LogP contribution in [0.2, 0.25) is 0 Å². The second kappa shape index (κ2) is 4.55. The summed E-state index contributed by atoms with van der Waals surface area (Å²) in [4.78, 5) is 3.89. The van der Waals surface area contributed by atoms with Gasteiger partial charge in [0.1, 0.15) is 18.2 Å². The van der Waals surface area contributed by atoms with Crippen molar-refractivity contribution in [2.75, 3.05) is 0 Å². The molecule has 76 valence electrons. The van der Waals surface area contributed by atoms with Crippen LogP contribution in [-0.2, 0) is 6.61 Å². The van der Waals surface area contributed by atoms with Crippen molar-refractivity contribution in [3.05, 3.63) is 60.2 Å². The fourth-order valence-corrected chi connectivity index (χ4v) is 1.17. The molecule has 0 unspecified atom stereocenters. The van der Waals surface area contributed by atoms with Crippen molar-refractivity contribution < 1.29 is 9.13 Å². The van der Waals surface area contributed by atoms with Gasteiger partial charge in [0.05, 0.1) is 11.9 Å². The number of halogens is 1. The normalized spacial score (nSPS) is 9.93. The third-order valence-corrected chi connectivity index (χ3v) is 1.92. The smallest absolute Gasteiger partial charge is 0.141 e. The Morgan fingerprint density at radius 3 is 2.53 bits per heavy atom. The van der Waals surface area contributed by atoms with Crippen molar-refractivity contribution in [2.24, 2.45) is 0 Å². The third-order valence-electron chi connectivity index (χ3n) is 1.92. The van der Waals surface area contributed by atoms with E-state index in [9.17, 15) is 4.39 Å². The number of nitrogens with zero attached hydrogens (tertiary/aromatic N) is 1. The first-order valence-corrected chi connectivity index (χ1v) is 4.63. The monoisotopic (exact) mass is 203 g/mol. The van der Waals surface area contributed by atoms with E-state index in [1.807, 2.05) is 30.3 Å². The molecule has 0 saturated carbocycles. The topological polar surface area (TPSA) is 22.1 Å². The molecule has 1 aromatic heterocycles. The number of benzene rings is 1. The average molecular weight is 203 g/mol. The maximum absolute atomic E-state index is 12.5. The summed E-state index contributed by atoms with van der Waals surface area (Å²) in [5.41, 5.74) is 0.709. The molecule has 2 rings (SSSR count). The molecule has 0 aliphatic rings. The molecule has 1 heterocycles. The Kier molecular flexibility index (Phi) is 2.93. The molecule has 0 amide bonds. The van der Waals surface area contributed by atoms with Crippen molar-refractivity contribution in [3.8, 4) is 5.75 Å². The minimum atomic E-state index is -0.335. The van der Waals surface area contributed by atoms with E-state index in [2.05, 4.69) is 4.98 Å². The van der Waals surface area contributed by atoms with Gasteiger partial charge in [-0.25, -0.2) is 4.39 Å². The molecule has 15 heavy (non-hydrogen) atoms. The Morgan fingerprint density at radius 1 is 1.07 bits per heavy atom. The number of aromatic nitrogens is 1. The maximum atomic E-state index is 12.5. The van der Waals surface area contributed by atoms with Gasteiger partial charge in [-0.3, -0.25) is 4.98 Å². The van der Waals surface area contributed by atoms with E-state index in [1.54, 1.807) is 6.07 Å². The zero-order valence-electron chi connectivity index (χ0n) is 8.06. The molecular weight excluding hydrogens is 193 g/mol. The van der Waals surface area contributed by atoms with Gasteiger partial charge in [-0.1, -0.05) is 18.2 Å². The highest BCUT2D eigenvalue weighted by Gasteiger charge is 1.96. The summed E-state index contributed by atoms with van der Waals surface area (Å²) < 4.78 is 18.0. The predicted octanol–water partition coefficient (Wildman–Crippen LogP) is 2.80. The van der Waals surface area contributed by atoms with Gasteiger partial charge in [-0.15, -0.1) is 0 Å². The van der Waals surface area contributed by atoms with E-state index in [1.165, 1.54) is 12.3 Å². The zero-order chi connectivity index (χ0) is 10.5. The number of hydrogen-bond donors (Lipinski definition) is 0. The fourth-order valence-electron chi connectivity index (χ4n) is 1.17. The molecule has 0 radical (unpaired) electrons. The van der Waals surface area contributed by atoms with Crippen molar-refractivity contribution in [1.29, 1.82) is 0 Å². The van der Waals surface area contributed by atoms with E-state index in [-0.39, 0.29) is 5.82 Å². The van der Waals surface area contributed by atoms with E-state index in [0.29, 0.717) is 12.3 Å². The summed E-state index contributed by atoms with van der Waals surface area (Å²) in [6, 6.07) is 12.4. The zero-order valence-corrected chi connectivity index (χ0v) is 8.06. The first-order valence-electron chi connectivity index (χ1n) is 4.63. The fraction of sp³-hybridized carbons (Fsp3) is 0.0833. The summed E-state index contributed by atoms with van der Waals surface area (Å²) >= 11 is 0. The largest absolute Gasteiger partial charge is 0.487 e. The molecule has 2 aromatic rings. The minimum absolute atomic E-state index is 0.335. The van der Waals surface area contributed by atoms with Crippen LogP contribution in [-0.4, -0.2) is 4.98 Å². The van der Waals surface area contributed by atoms with Crippen molar-refractivity contribution >= 4 is 0 Å². The van der Waals surface area contributed by atoms with E-state index >= 15 is 0 Å². The summed E-state index contributed by atoms with van der Waals surface area (Å²) in [5, 5.41) is 0. The first kappa shape index (κ1) is 9.65. The summed E-state index contributed by atoms with van der Waals surface area (Å²) in [7, 11) is 0. The van der Waals surface area contributed by atoms with Gasteiger partial charge in [0.25, 0.3) is 0 Å². The Bertz CT molecular complexity index is 413. The molecule has 1 aromatic carbocycles. The van der Waals surface area contributed by atoms with Gasteiger partial charge in [0.15, 0.2) is 0 Å². The molecule has 0 aliphatic carbocycles. The number of ether oxygens (including phenoxy) is 1. The Labute approximate surface area is 87.4 Å². The van der Waals surface area contributed by atoms with E-state index < -0.39 is 0 Å². The summed E-state index contributed by atoms with van der Waals surface area (Å²) in [6.45, 7) is 0.351. The van der Waals surface area contributed by atoms with Crippen LogP contribution in [0.25, 0.3) is 0 Å². The number of para-hydroxylation sites is 1. The lowest BCUT2D eigenvalue weighted by molar-refractivity contribution is 0.301. The second-order valence-corrected chi connectivity index (χ2v) is 3.07. The molecule has 0 N–H and O–H groups in total. The van der Waals surface area contributed by atoms with Crippen LogP contribution >= 0.6 is 0 Å². The molecule has 0 fully saturated rings. The number of rotatable bonds is 3. The van der Waals surface area contributed by atoms with Gasteiger partial charge in [0, 0.05) is 0 Å². The van der Waals surface area contributed by atoms with Crippen LogP contribution in [0, 0.1) is 5.82 Å². The van der Waals surface area contributed by atoms with Crippen LogP contribution in [0.3, 0.4) is 0 Å². The Morgan fingerprint density at radius 2 is 1.87 bits per heavy atom. The molecule has 0 saturated heterocycles. The van der Waals surface area contributed by atoms with E-state index in [0.717, 1.165) is 5.75 Å². The third kappa shape index (κ3) is 2.77. The van der Waals surface area contributed by atoms with E-state index in [4.69, 9.17) is 4.74 Å². The highest BCUT2D eigenvalue weighted by Crippen LogP contribution is 2.10. The molecule has 0 bridgehead atoms. The Hall–Kier alpha value is -1.90. The number of hydrogen-bond acceptors (Lipinski definition) is 2. The van der Waals surface area contributed by atoms with Gasteiger partial charge < -0.3 is 4.74 Å². The highest BCUT2D eigenvalue weighted by atomic mass is 19.1. The standard InChI is InChI=1S/C12H10FNO/c13-10-6-7-11(14-8-10)9-15-12-4-2-1-3-5-12/h1-8H,9H2. The minimum Gasteiger partial charge on any atom is -0.487 e. The maximum Gasteiger partial charge on any atom is 0.141 e. The molecule has 0 aliphatic heterocycles. The van der Waals surface area contributed by atoms with Crippen molar-refractivity contribution in [3.63, 3.8) is 0 Å². The van der Waals surface area contributed by atoms with Gasteiger partial charge in [0.2, 0.25) is 0 Å². The molecular formula is C12H10FNO. The molecule has 0 atom stereocenters. The summed E-state index contributed by atoms with van der Waals surface area (Å²) in [5.74, 6) is 0.446. The second-order valence-electron chi connectivity index (χ2n) is 3.07. The van der Waals surface area contributed by atoms with Crippen LogP contribution in [0.15, 0.2) is 48.7 Å². The van der Waals surface area contributed by atoms with Crippen LogP contribution in [0.5, 0.6) is 5.75 Å². The van der Waals surface area contributed by atoms with Crippen molar-refractivity contribution in [1.82, 2.24) is 4.98 Å². The van der Waals surface area contributed by atoms with Crippen LogP contribution < -0.4 is 4.74 Å². The van der Waals surface area contributed by atoms with Crippen molar-refractivity contribution in [2.45, 2.75) is 6.61 Å². The quantitative estimate of drug-likeness (QED) is 0.765. The predicted molar refractivity (Wildman–Crippen MR) is 55.0 cm³/mol. The molecule has 2 nitrogen and oxygen atoms in total. The summed E-state index contributed by atoms with van der Waals surface area (Å²) in [6.07, 6.45) is 1.18. The SMILES string of the molecule is Fc1ccc(COc2ccccc2)nc1. The van der Waals surface area contributed by atoms with Gasteiger partial charge in [-0.2, -0.15) is 0 Å². The van der Waals surface area contributed by atoms with Gasteiger partial charge >= 0.3 is 0 Å². The Balaban J connectivity index is 1.96. The van der Waals surface area contributed by atoms with Crippen LogP contribution in [0.4, 0.5) is 4.39 Å². The highest BCUT2D eigenvalue weighted by molar-refractivity contribution is 5.21. The average Bonchev–Trinajstić information content (AvgIpc) is 2.30. The number of pyridine rings is 1. The van der Waals surface area contributed by atoms with Crippen LogP contribution in [0.1, 0.15) is 5.69 Å². The van der Waals surface area contributed by atoms with Gasteiger partial charge in [-0.05, 0) is 24.3 Å². The lowest BCUT2D eigenvalue weighted by atomic mass is 10.3. The first-order chi connectivity index (χ1) is 7.34. The molecule has 0 spiro atoms. The molecule has 3 heteroatoms.